The molecule has 0 saturated heterocycles. The molecule has 0 aromatic heterocycles. The molecular formula is C18H28O4. The van der Waals surface area contributed by atoms with Crippen LogP contribution in [0.25, 0.3) is 0 Å². The quantitative estimate of drug-likeness (QED) is 0.390. The zero-order valence-electron chi connectivity index (χ0n) is 13.8. The fourth-order valence-electron chi connectivity index (χ4n) is 1.61. The smallest absolute Gasteiger partial charge is 0.305 e. The molecule has 0 aromatic rings. The number of aliphatic hydroxyl groups is 2. The molecule has 22 heavy (non-hydrogen) atoms. The second-order valence-corrected chi connectivity index (χ2v) is 5.28. The molecule has 0 saturated carbocycles. The Hall–Kier alpha value is -1.57. The van der Waals surface area contributed by atoms with E-state index >= 15 is 0 Å². The van der Waals surface area contributed by atoms with E-state index in [1.54, 1.807) is 31.2 Å². The first-order valence-corrected chi connectivity index (χ1v) is 7.80. The number of rotatable bonds is 9. The molecule has 2 N–H and O–H groups in total. The molecule has 2 atom stereocenters. The lowest BCUT2D eigenvalue weighted by Gasteiger charge is -2.04. The van der Waals surface area contributed by atoms with Crippen LogP contribution in [0, 0.1) is 17.8 Å². The highest BCUT2D eigenvalue weighted by Crippen LogP contribution is 2.04. The average molecular weight is 308 g/mol. The topological polar surface area (TPSA) is 66.8 Å². The van der Waals surface area contributed by atoms with E-state index in [-0.39, 0.29) is 5.97 Å². The van der Waals surface area contributed by atoms with Crippen molar-refractivity contribution in [3.63, 3.8) is 0 Å². The van der Waals surface area contributed by atoms with Crippen molar-refractivity contribution in [3.8, 4) is 11.8 Å². The van der Waals surface area contributed by atoms with Gasteiger partial charge in [0.2, 0.25) is 0 Å². The Kier molecular flexibility index (Phi) is 12.2. The van der Waals surface area contributed by atoms with Gasteiger partial charge in [-0.25, -0.2) is 0 Å². The van der Waals surface area contributed by atoms with Crippen LogP contribution in [0.15, 0.2) is 24.3 Å². The minimum Gasteiger partial charge on any atom is -0.466 e. The average Bonchev–Trinajstić information content (AvgIpc) is 2.43. The van der Waals surface area contributed by atoms with Gasteiger partial charge in [-0.3, -0.25) is 4.79 Å². The molecule has 0 heterocycles. The van der Waals surface area contributed by atoms with Gasteiger partial charge >= 0.3 is 5.97 Å². The summed E-state index contributed by atoms with van der Waals surface area (Å²) < 4.78 is 4.81. The van der Waals surface area contributed by atoms with Crippen molar-refractivity contribution in [3.05, 3.63) is 24.3 Å². The van der Waals surface area contributed by atoms with Crippen LogP contribution in [-0.2, 0) is 9.53 Å². The summed E-state index contributed by atoms with van der Waals surface area (Å²) in [6.45, 7) is 6.16. The van der Waals surface area contributed by atoms with E-state index in [4.69, 9.17) is 4.74 Å². The summed E-state index contributed by atoms with van der Waals surface area (Å²) in [5, 5.41) is 19.3. The van der Waals surface area contributed by atoms with Gasteiger partial charge in [-0.1, -0.05) is 44.1 Å². The third-order valence-electron chi connectivity index (χ3n) is 2.67. The third kappa shape index (κ3) is 13.4. The van der Waals surface area contributed by atoms with Gasteiger partial charge in [-0.15, -0.1) is 5.92 Å². The number of ether oxygens (including phenoxy) is 1. The number of carbonyl (C=O) groups is 1. The molecule has 0 fully saturated rings. The standard InChI is InChI=1S/C18H28O4/c1-4-22-18(21)14-8-13-17(20)11-6-5-10-16(19)12-7-9-15(2)3/h5-6,10-11,15-17,19-20H,4,8,12-14H2,1-3H3/b10-5+,11-6+/t16-,17+/m0/s1. The van der Waals surface area contributed by atoms with Crippen molar-refractivity contribution in [2.75, 3.05) is 6.61 Å². The van der Waals surface area contributed by atoms with Crippen LogP contribution in [0.2, 0.25) is 0 Å². The molecule has 0 amide bonds. The number of hydrogen-bond acceptors (Lipinski definition) is 4. The van der Waals surface area contributed by atoms with Crippen molar-refractivity contribution < 1.29 is 19.7 Å². The number of hydrogen-bond donors (Lipinski definition) is 2. The SMILES string of the molecule is CCOC(=O)CCC[C@H](O)/C=C/C=C/[C@H](O)CC#CC(C)C. The van der Waals surface area contributed by atoms with E-state index in [1.807, 2.05) is 13.8 Å². The molecule has 4 nitrogen and oxygen atoms in total. The molecule has 0 bridgehead atoms. The molecule has 0 aliphatic carbocycles. The monoisotopic (exact) mass is 308 g/mol. The maximum absolute atomic E-state index is 11.1. The van der Waals surface area contributed by atoms with Crippen molar-refractivity contribution in [2.24, 2.45) is 5.92 Å². The van der Waals surface area contributed by atoms with Gasteiger partial charge in [0, 0.05) is 18.8 Å². The predicted molar refractivity (Wildman–Crippen MR) is 88.0 cm³/mol. The Morgan fingerprint density at radius 3 is 2.41 bits per heavy atom. The summed E-state index contributed by atoms with van der Waals surface area (Å²) in [5.41, 5.74) is 0. The van der Waals surface area contributed by atoms with Crippen molar-refractivity contribution >= 4 is 5.97 Å². The molecule has 0 rings (SSSR count). The zero-order valence-corrected chi connectivity index (χ0v) is 13.8. The van der Waals surface area contributed by atoms with Crippen LogP contribution in [0.1, 0.15) is 46.5 Å². The van der Waals surface area contributed by atoms with Gasteiger partial charge in [0.15, 0.2) is 0 Å². The summed E-state index contributed by atoms with van der Waals surface area (Å²) in [7, 11) is 0. The first kappa shape index (κ1) is 20.4. The molecule has 0 unspecified atom stereocenters. The maximum Gasteiger partial charge on any atom is 0.305 e. The van der Waals surface area contributed by atoms with Gasteiger partial charge in [-0.05, 0) is 19.8 Å². The van der Waals surface area contributed by atoms with Crippen molar-refractivity contribution in [2.45, 2.75) is 58.7 Å². The van der Waals surface area contributed by atoms with E-state index in [0.29, 0.717) is 38.2 Å². The Balaban J connectivity index is 3.89. The van der Waals surface area contributed by atoms with E-state index in [0.717, 1.165) is 0 Å². The molecule has 0 aliphatic heterocycles. The van der Waals surface area contributed by atoms with E-state index in [9.17, 15) is 15.0 Å². The normalized spacial score (nSPS) is 14.1. The van der Waals surface area contributed by atoms with Crippen LogP contribution in [0.4, 0.5) is 0 Å². The number of esters is 1. The van der Waals surface area contributed by atoms with Crippen LogP contribution >= 0.6 is 0 Å². The van der Waals surface area contributed by atoms with Gasteiger partial charge in [-0.2, -0.15) is 0 Å². The maximum atomic E-state index is 11.1. The molecule has 0 aliphatic rings. The summed E-state index contributed by atoms with van der Waals surface area (Å²) in [5.74, 6) is 5.98. The number of allylic oxidation sites excluding steroid dienone is 2. The number of carbonyl (C=O) groups excluding carboxylic acids is 1. The molecular weight excluding hydrogens is 280 g/mol. The Morgan fingerprint density at radius 1 is 1.18 bits per heavy atom. The van der Waals surface area contributed by atoms with Gasteiger partial charge in [0.25, 0.3) is 0 Å². The van der Waals surface area contributed by atoms with Gasteiger partial charge in [0.1, 0.15) is 0 Å². The molecule has 4 heteroatoms. The largest absolute Gasteiger partial charge is 0.466 e. The molecule has 0 spiro atoms. The summed E-state index contributed by atoms with van der Waals surface area (Å²) in [4.78, 5) is 11.1. The van der Waals surface area contributed by atoms with Crippen molar-refractivity contribution in [1.82, 2.24) is 0 Å². The zero-order chi connectivity index (χ0) is 16.8. The van der Waals surface area contributed by atoms with Crippen LogP contribution in [0.5, 0.6) is 0 Å². The lowest BCUT2D eigenvalue weighted by molar-refractivity contribution is -0.143. The highest BCUT2D eigenvalue weighted by atomic mass is 16.5. The summed E-state index contributed by atoms with van der Waals surface area (Å²) in [6, 6.07) is 0. The molecule has 0 aromatic carbocycles. The number of aliphatic hydroxyl groups excluding tert-OH is 2. The summed E-state index contributed by atoms with van der Waals surface area (Å²) >= 11 is 0. The fraction of sp³-hybridized carbons (Fsp3) is 0.611. The third-order valence-corrected chi connectivity index (χ3v) is 2.67. The lowest BCUT2D eigenvalue weighted by atomic mass is 10.1. The highest BCUT2D eigenvalue weighted by Gasteiger charge is 2.04. The Morgan fingerprint density at radius 2 is 1.82 bits per heavy atom. The minimum absolute atomic E-state index is 0.232. The molecule has 124 valence electrons. The second-order valence-electron chi connectivity index (χ2n) is 5.28. The van der Waals surface area contributed by atoms with Crippen LogP contribution in [0.3, 0.4) is 0 Å². The van der Waals surface area contributed by atoms with Crippen LogP contribution < -0.4 is 0 Å². The fourth-order valence-corrected chi connectivity index (χ4v) is 1.61. The van der Waals surface area contributed by atoms with Gasteiger partial charge in [0.05, 0.1) is 18.8 Å². The Labute approximate surface area is 133 Å². The first-order valence-electron chi connectivity index (χ1n) is 7.80. The van der Waals surface area contributed by atoms with E-state index in [2.05, 4.69) is 11.8 Å². The van der Waals surface area contributed by atoms with Crippen LogP contribution in [-0.4, -0.2) is 35.0 Å². The predicted octanol–water partition coefficient (Wildman–Crippen LogP) is 2.60. The first-order chi connectivity index (χ1) is 10.5. The second kappa shape index (κ2) is 13.1. The Bertz CT molecular complexity index is 413. The van der Waals surface area contributed by atoms with Crippen molar-refractivity contribution in [1.29, 1.82) is 0 Å². The minimum atomic E-state index is -0.600. The van der Waals surface area contributed by atoms with E-state index in [1.165, 1.54) is 0 Å². The molecule has 0 radical (unpaired) electrons. The summed E-state index contributed by atoms with van der Waals surface area (Å²) in [6.07, 6.45) is 7.27. The highest BCUT2D eigenvalue weighted by molar-refractivity contribution is 5.69. The van der Waals surface area contributed by atoms with Gasteiger partial charge < -0.3 is 14.9 Å². The van der Waals surface area contributed by atoms with E-state index < -0.39 is 12.2 Å². The lowest BCUT2D eigenvalue weighted by Crippen LogP contribution is -2.07.